The Hall–Kier alpha value is -3.59. The second kappa shape index (κ2) is 11.2. The zero-order valence-corrected chi connectivity index (χ0v) is 21.1. The van der Waals surface area contributed by atoms with Crippen molar-refractivity contribution in [1.29, 1.82) is 0 Å². The van der Waals surface area contributed by atoms with Gasteiger partial charge in [0.1, 0.15) is 11.9 Å². The molecule has 0 bridgehead atoms. The molecule has 2 heterocycles. The predicted octanol–water partition coefficient (Wildman–Crippen LogP) is 5.31. The molecule has 1 unspecified atom stereocenters. The molecular weight excluding hydrogens is 483 g/mol. The van der Waals surface area contributed by atoms with E-state index in [0.29, 0.717) is 30.0 Å². The van der Waals surface area contributed by atoms with Gasteiger partial charge in [-0.05, 0) is 49.3 Å². The molecule has 0 radical (unpaired) electrons. The third-order valence-electron chi connectivity index (χ3n) is 6.33. The average molecular weight is 514 g/mol. The minimum atomic E-state index is -4.58. The van der Waals surface area contributed by atoms with E-state index in [9.17, 15) is 18.0 Å². The van der Waals surface area contributed by atoms with Crippen molar-refractivity contribution in [3.63, 3.8) is 0 Å². The first-order valence-corrected chi connectivity index (χ1v) is 12.1. The molecule has 37 heavy (non-hydrogen) atoms. The number of amides is 1. The Kier molecular flexibility index (Phi) is 8.02. The molecule has 9 heteroatoms. The van der Waals surface area contributed by atoms with Crippen molar-refractivity contribution in [2.45, 2.75) is 31.5 Å². The Morgan fingerprint density at radius 1 is 1.14 bits per heavy atom. The number of anilines is 1. The molecule has 0 aliphatic carbocycles. The maximum atomic E-state index is 13.5. The number of ether oxygens (including phenoxy) is 2. The molecule has 0 saturated heterocycles. The highest BCUT2D eigenvalue weighted by Gasteiger charge is 2.37. The van der Waals surface area contributed by atoms with Crippen LogP contribution in [0, 0.1) is 0 Å². The van der Waals surface area contributed by atoms with Gasteiger partial charge in [-0.3, -0.25) is 4.79 Å². The molecule has 1 atom stereocenters. The predicted molar refractivity (Wildman–Crippen MR) is 135 cm³/mol. The molecule has 1 aromatic heterocycles. The fourth-order valence-electron chi connectivity index (χ4n) is 4.40. The molecular formula is C28H30F3N3O3. The lowest BCUT2D eigenvalue weighted by Gasteiger charge is -2.21. The second-order valence-electron chi connectivity index (χ2n) is 9.26. The largest absolute Gasteiger partial charge is 0.496 e. The monoisotopic (exact) mass is 513 g/mol. The van der Waals surface area contributed by atoms with Crippen LogP contribution in [-0.4, -0.2) is 50.1 Å². The molecule has 196 valence electrons. The van der Waals surface area contributed by atoms with Crippen LogP contribution in [0.25, 0.3) is 0 Å². The number of rotatable bonds is 9. The summed E-state index contributed by atoms with van der Waals surface area (Å²) in [7, 11) is 5.22. The van der Waals surface area contributed by atoms with Crippen LogP contribution in [0.3, 0.4) is 0 Å². The van der Waals surface area contributed by atoms with Gasteiger partial charge in [-0.2, -0.15) is 13.2 Å². The highest BCUT2D eigenvalue weighted by Crippen LogP contribution is 2.42. The van der Waals surface area contributed by atoms with E-state index in [2.05, 4.69) is 9.88 Å². The summed E-state index contributed by atoms with van der Waals surface area (Å²) in [5, 5.41) is 0. The average Bonchev–Trinajstić information content (AvgIpc) is 3.30. The highest BCUT2D eigenvalue weighted by atomic mass is 19.4. The summed E-state index contributed by atoms with van der Waals surface area (Å²) in [5.41, 5.74) is 1.74. The third-order valence-corrected chi connectivity index (χ3v) is 6.33. The van der Waals surface area contributed by atoms with Crippen LogP contribution in [0.4, 0.5) is 18.9 Å². The van der Waals surface area contributed by atoms with Gasteiger partial charge in [0.15, 0.2) is 0 Å². The van der Waals surface area contributed by atoms with Gasteiger partial charge in [-0.25, -0.2) is 4.98 Å². The van der Waals surface area contributed by atoms with Crippen LogP contribution in [0.15, 0.2) is 60.8 Å². The van der Waals surface area contributed by atoms with E-state index in [1.807, 2.05) is 44.4 Å². The van der Waals surface area contributed by atoms with E-state index in [1.54, 1.807) is 18.3 Å². The van der Waals surface area contributed by atoms with Crippen molar-refractivity contribution in [2.24, 2.45) is 0 Å². The molecule has 0 N–H and O–H groups in total. The first kappa shape index (κ1) is 26.5. The number of nitrogens with zero attached hydrogens (tertiary/aromatic N) is 3. The van der Waals surface area contributed by atoms with Crippen molar-refractivity contribution in [3.8, 4) is 11.6 Å². The van der Waals surface area contributed by atoms with Crippen LogP contribution < -0.4 is 14.4 Å². The zero-order chi connectivity index (χ0) is 26.6. The number of halogens is 3. The van der Waals surface area contributed by atoms with Crippen LogP contribution in [0.2, 0.25) is 0 Å². The molecule has 6 nitrogen and oxygen atoms in total. The lowest BCUT2D eigenvalue weighted by Crippen LogP contribution is -2.30. The number of hydrogen-bond donors (Lipinski definition) is 0. The van der Waals surface area contributed by atoms with Gasteiger partial charge in [0, 0.05) is 37.5 Å². The van der Waals surface area contributed by atoms with Gasteiger partial charge < -0.3 is 19.3 Å². The molecule has 0 fully saturated rings. The van der Waals surface area contributed by atoms with E-state index < -0.39 is 11.7 Å². The van der Waals surface area contributed by atoms with Crippen LogP contribution in [0.5, 0.6) is 11.6 Å². The summed E-state index contributed by atoms with van der Waals surface area (Å²) in [4.78, 5) is 20.9. The van der Waals surface area contributed by atoms with Crippen LogP contribution in [-0.2, 0) is 23.8 Å². The number of alkyl halides is 3. The van der Waals surface area contributed by atoms with Gasteiger partial charge in [0.25, 0.3) is 0 Å². The minimum Gasteiger partial charge on any atom is -0.496 e. The summed E-state index contributed by atoms with van der Waals surface area (Å²) < 4.78 is 51.6. The lowest BCUT2D eigenvalue weighted by molar-refractivity contribution is -0.138. The maximum absolute atomic E-state index is 13.5. The molecule has 1 aliphatic heterocycles. The van der Waals surface area contributed by atoms with Gasteiger partial charge in [-0.15, -0.1) is 0 Å². The number of pyridine rings is 1. The van der Waals surface area contributed by atoms with Gasteiger partial charge >= 0.3 is 6.18 Å². The standard InChI is InChI=1S/C28H30F3N3O3/c1-33(2)13-12-24(20-7-5-4-6-8-20)37-26-10-9-19(18-32-26)15-27(35)34-14-11-21-16-25(36-3)22(17-23(21)34)28(29,30)31/h4-10,16-18,24H,11-15H2,1-3H3. The Morgan fingerprint density at radius 3 is 2.51 bits per heavy atom. The summed E-state index contributed by atoms with van der Waals surface area (Å²) in [6.45, 7) is 1.16. The molecule has 1 amide bonds. The zero-order valence-electron chi connectivity index (χ0n) is 21.1. The Bertz CT molecular complexity index is 1220. The molecule has 0 saturated carbocycles. The number of hydrogen-bond acceptors (Lipinski definition) is 5. The molecule has 3 aromatic rings. The number of carbonyl (C=O) groups is 1. The third kappa shape index (κ3) is 6.40. The van der Waals surface area contributed by atoms with E-state index >= 15 is 0 Å². The van der Waals surface area contributed by atoms with Gasteiger partial charge in [-0.1, -0.05) is 36.4 Å². The summed E-state index contributed by atoms with van der Waals surface area (Å²) in [5.74, 6) is -0.0855. The van der Waals surface area contributed by atoms with Crippen molar-refractivity contribution in [1.82, 2.24) is 9.88 Å². The first-order valence-electron chi connectivity index (χ1n) is 12.1. The van der Waals surface area contributed by atoms with Gasteiger partial charge in [0.05, 0.1) is 19.1 Å². The van der Waals surface area contributed by atoms with Crippen LogP contribution >= 0.6 is 0 Å². The van der Waals surface area contributed by atoms with E-state index in [-0.39, 0.29) is 29.9 Å². The van der Waals surface area contributed by atoms with Crippen LogP contribution in [0.1, 0.15) is 34.8 Å². The molecule has 0 spiro atoms. The van der Waals surface area contributed by atoms with Crippen molar-refractivity contribution >= 4 is 11.6 Å². The number of aromatic nitrogens is 1. The summed E-state index contributed by atoms with van der Waals surface area (Å²) >= 11 is 0. The van der Waals surface area contributed by atoms with E-state index in [1.165, 1.54) is 18.1 Å². The highest BCUT2D eigenvalue weighted by molar-refractivity contribution is 5.97. The Morgan fingerprint density at radius 2 is 1.89 bits per heavy atom. The lowest BCUT2D eigenvalue weighted by atomic mass is 10.1. The minimum absolute atomic E-state index is 0.0167. The fourth-order valence-corrected chi connectivity index (χ4v) is 4.40. The number of methoxy groups -OCH3 is 1. The normalized spacial score (nSPS) is 14.0. The van der Waals surface area contributed by atoms with Crippen molar-refractivity contribution in [2.75, 3.05) is 39.2 Å². The van der Waals surface area contributed by atoms with Gasteiger partial charge in [0.2, 0.25) is 11.8 Å². The SMILES string of the molecule is COc1cc2c(cc1C(F)(F)F)N(C(=O)Cc1ccc(OC(CCN(C)C)c3ccccc3)nc1)CC2. The van der Waals surface area contributed by atoms with Crippen molar-refractivity contribution in [3.05, 3.63) is 83.0 Å². The topological polar surface area (TPSA) is 54.9 Å². The number of fused-ring (bicyclic) bond motifs is 1. The maximum Gasteiger partial charge on any atom is 0.420 e. The van der Waals surface area contributed by atoms with E-state index in [0.717, 1.165) is 24.6 Å². The Labute approximate surface area is 214 Å². The van der Waals surface area contributed by atoms with Crippen molar-refractivity contribution < 1.29 is 27.4 Å². The first-order chi connectivity index (χ1) is 17.7. The molecule has 1 aliphatic rings. The summed E-state index contributed by atoms with van der Waals surface area (Å²) in [6.07, 6.45) is -1.92. The number of benzene rings is 2. The number of carbonyl (C=O) groups excluding carboxylic acids is 1. The second-order valence-corrected chi connectivity index (χ2v) is 9.26. The smallest absolute Gasteiger partial charge is 0.420 e. The van der Waals surface area contributed by atoms with E-state index in [4.69, 9.17) is 9.47 Å². The molecule has 4 rings (SSSR count). The quantitative estimate of drug-likeness (QED) is 0.388. The fraction of sp³-hybridized carbons (Fsp3) is 0.357. The molecule has 2 aromatic carbocycles. The Balaban J connectivity index is 1.46. The summed E-state index contributed by atoms with van der Waals surface area (Å²) in [6, 6.07) is 15.8.